The van der Waals surface area contributed by atoms with Gasteiger partial charge in [0, 0.05) is 30.8 Å². The van der Waals surface area contributed by atoms with Gasteiger partial charge in [0.15, 0.2) is 0 Å². The first kappa shape index (κ1) is 17.2. The number of nitrogens with zero attached hydrogens (tertiary/aromatic N) is 1. The molecule has 0 radical (unpaired) electrons. The zero-order chi connectivity index (χ0) is 16.9. The maximum Gasteiger partial charge on any atom is 0.254 e. The average molecular weight is 332 g/mol. The average Bonchev–Trinajstić information content (AvgIpc) is 3.13. The van der Waals surface area contributed by atoms with E-state index in [9.17, 15) is 4.79 Å². The van der Waals surface area contributed by atoms with Crippen LogP contribution in [0.3, 0.4) is 0 Å². The minimum Gasteiger partial charge on any atom is -0.491 e. The highest BCUT2D eigenvalue weighted by Crippen LogP contribution is 2.23. The van der Waals surface area contributed by atoms with Crippen LogP contribution in [0, 0.1) is 0 Å². The third-order valence-electron chi connectivity index (χ3n) is 4.96. The van der Waals surface area contributed by atoms with Crippen LogP contribution in [0.15, 0.2) is 24.3 Å². The van der Waals surface area contributed by atoms with Crippen molar-refractivity contribution in [3.05, 3.63) is 29.8 Å². The molecule has 5 heteroatoms. The molecule has 1 aromatic carbocycles. The molecule has 2 heterocycles. The second-order valence-electron chi connectivity index (χ2n) is 6.89. The first-order chi connectivity index (χ1) is 11.6. The third kappa shape index (κ3) is 4.08. The largest absolute Gasteiger partial charge is 0.491 e. The van der Waals surface area contributed by atoms with Gasteiger partial charge in [-0.15, -0.1) is 0 Å². The molecule has 1 amide bonds. The number of likely N-dealkylation sites (tertiary alicyclic amines) is 1. The Hall–Kier alpha value is -1.59. The van der Waals surface area contributed by atoms with Crippen LogP contribution in [-0.4, -0.2) is 48.8 Å². The number of benzene rings is 1. The predicted molar refractivity (Wildman–Crippen MR) is 93.2 cm³/mol. The molecule has 2 N–H and O–H groups in total. The molecule has 1 aromatic rings. The van der Waals surface area contributed by atoms with E-state index in [1.54, 1.807) is 0 Å². The van der Waals surface area contributed by atoms with Crippen LogP contribution in [0.4, 0.5) is 0 Å². The Morgan fingerprint density at radius 2 is 2.25 bits per heavy atom. The van der Waals surface area contributed by atoms with Crippen molar-refractivity contribution in [2.75, 3.05) is 19.8 Å². The zero-order valence-corrected chi connectivity index (χ0v) is 14.4. The van der Waals surface area contributed by atoms with E-state index in [2.05, 4.69) is 0 Å². The highest BCUT2D eigenvalue weighted by Gasteiger charge is 2.30. The number of ether oxygens (including phenoxy) is 2. The van der Waals surface area contributed by atoms with Crippen LogP contribution in [0.5, 0.6) is 5.75 Å². The zero-order valence-electron chi connectivity index (χ0n) is 14.4. The Bertz CT molecular complexity index is 555. The molecule has 0 spiro atoms. The van der Waals surface area contributed by atoms with Crippen molar-refractivity contribution >= 4 is 5.91 Å². The van der Waals surface area contributed by atoms with Crippen LogP contribution in [0.25, 0.3) is 0 Å². The summed E-state index contributed by atoms with van der Waals surface area (Å²) >= 11 is 0. The lowest BCUT2D eigenvalue weighted by Gasteiger charge is -2.38. The van der Waals surface area contributed by atoms with Gasteiger partial charge in [-0.05, 0) is 57.2 Å². The van der Waals surface area contributed by atoms with Crippen LogP contribution in [-0.2, 0) is 4.74 Å². The number of carbonyl (C=O) groups is 1. The summed E-state index contributed by atoms with van der Waals surface area (Å²) in [4.78, 5) is 14.9. The molecule has 0 aliphatic carbocycles. The molecule has 0 aromatic heterocycles. The number of hydrogen-bond acceptors (Lipinski definition) is 4. The van der Waals surface area contributed by atoms with Gasteiger partial charge in [0.05, 0.1) is 6.10 Å². The van der Waals surface area contributed by atoms with Gasteiger partial charge in [0.2, 0.25) is 0 Å². The van der Waals surface area contributed by atoms with Crippen LogP contribution in [0.1, 0.15) is 49.4 Å². The molecule has 2 fully saturated rings. The number of carbonyl (C=O) groups excluding carboxylic acids is 1. The summed E-state index contributed by atoms with van der Waals surface area (Å²) in [5.74, 6) is 0.783. The molecule has 3 atom stereocenters. The smallest absolute Gasteiger partial charge is 0.254 e. The van der Waals surface area contributed by atoms with E-state index < -0.39 is 0 Å². The SMILES string of the molecule is CC(N)C1CCCCN1C(=O)c1cccc(OCC2CCCO2)c1. The molecule has 132 valence electrons. The fraction of sp³-hybridized carbons (Fsp3) is 0.632. The number of piperidine rings is 1. The lowest BCUT2D eigenvalue weighted by Crippen LogP contribution is -2.51. The molecule has 2 aliphatic heterocycles. The minimum atomic E-state index is -0.00630. The predicted octanol–water partition coefficient (Wildman–Crippen LogP) is 2.59. The highest BCUT2D eigenvalue weighted by molar-refractivity contribution is 5.95. The van der Waals surface area contributed by atoms with Gasteiger partial charge >= 0.3 is 0 Å². The van der Waals surface area contributed by atoms with E-state index in [1.165, 1.54) is 0 Å². The normalized spacial score (nSPS) is 25.5. The summed E-state index contributed by atoms with van der Waals surface area (Å²) in [5.41, 5.74) is 6.76. The molecule has 24 heavy (non-hydrogen) atoms. The fourth-order valence-electron chi connectivity index (χ4n) is 3.61. The Labute approximate surface area is 144 Å². The Morgan fingerprint density at radius 3 is 3.00 bits per heavy atom. The summed E-state index contributed by atoms with van der Waals surface area (Å²) in [7, 11) is 0. The molecule has 3 unspecified atom stereocenters. The van der Waals surface area contributed by atoms with Crippen molar-refractivity contribution < 1.29 is 14.3 Å². The molecule has 5 nitrogen and oxygen atoms in total. The molecule has 2 saturated heterocycles. The Balaban J connectivity index is 1.66. The van der Waals surface area contributed by atoms with Crippen LogP contribution >= 0.6 is 0 Å². The summed E-state index contributed by atoms with van der Waals surface area (Å²) in [6.45, 7) is 4.13. The van der Waals surface area contributed by atoms with E-state index in [4.69, 9.17) is 15.2 Å². The number of amides is 1. The third-order valence-corrected chi connectivity index (χ3v) is 4.96. The van der Waals surface area contributed by atoms with Gasteiger partial charge in [-0.3, -0.25) is 4.79 Å². The summed E-state index contributed by atoms with van der Waals surface area (Å²) in [5, 5.41) is 0. The second kappa shape index (κ2) is 7.99. The highest BCUT2D eigenvalue weighted by atomic mass is 16.5. The standard InChI is InChI=1S/C19H28N2O3/c1-14(20)18-9-2-3-10-21(18)19(22)15-6-4-7-16(12-15)24-13-17-8-5-11-23-17/h4,6-7,12,14,17-18H,2-3,5,8-11,13,20H2,1H3. The molecule has 0 bridgehead atoms. The quantitative estimate of drug-likeness (QED) is 0.900. The summed E-state index contributed by atoms with van der Waals surface area (Å²) in [6, 6.07) is 7.59. The lowest BCUT2D eigenvalue weighted by molar-refractivity contribution is 0.0581. The maximum atomic E-state index is 12.9. The topological polar surface area (TPSA) is 64.8 Å². The number of rotatable bonds is 5. The van der Waals surface area contributed by atoms with Gasteiger partial charge in [0.1, 0.15) is 12.4 Å². The van der Waals surface area contributed by atoms with Crippen LogP contribution < -0.4 is 10.5 Å². The summed E-state index contributed by atoms with van der Waals surface area (Å²) < 4.78 is 11.4. The van der Waals surface area contributed by atoms with Crippen molar-refractivity contribution in [3.63, 3.8) is 0 Å². The first-order valence-electron chi connectivity index (χ1n) is 9.06. The first-order valence-corrected chi connectivity index (χ1v) is 9.06. The fourth-order valence-corrected chi connectivity index (χ4v) is 3.61. The van der Waals surface area contributed by atoms with E-state index >= 15 is 0 Å². The summed E-state index contributed by atoms with van der Waals surface area (Å²) in [6.07, 6.45) is 5.49. The van der Waals surface area contributed by atoms with Crippen molar-refractivity contribution in [3.8, 4) is 5.75 Å². The molecule has 0 saturated carbocycles. The van der Waals surface area contributed by atoms with E-state index in [0.29, 0.717) is 12.2 Å². The number of nitrogens with two attached hydrogens (primary N) is 1. The number of hydrogen-bond donors (Lipinski definition) is 1. The molecule has 2 aliphatic rings. The second-order valence-corrected chi connectivity index (χ2v) is 6.89. The minimum absolute atomic E-state index is 0.00630. The molecule has 3 rings (SSSR count). The van der Waals surface area contributed by atoms with Crippen molar-refractivity contribution in [2.45, 2.75) is 57.2 Å². The Kier molecular flexibility index (Phi) is 5.74. The molecular formula is C19H28N2O3. The van der Waals surface area contributed by atoms with Crippen molar-refractivity contribution in [1.29, 1.82) is 0 Å². The maximum absolute atomic E-state index is 12.9. The Morgan fingerprint density at radius 1 is 1.38 bits per heavy atom. The van der Waals surface area contributed by atoms with Gasteiger partial charge in [0.25, 0.3) is 5.91 Å². The van der Waals surface area contributed by atoms with Crippen LogP contribution in [0.2, 0.25) is 0 Å². The molecular weight excluding hydrogens is 304 g/mol. The lowest BCUT2D eigenvalue weighted by atomic mass is 9.96. The van der Waals surface area contributed by atoms with Gasteiger partial charge in [-0.2, -0.15) is 0 Å². The van der Waals surface area contributed by atoms with E-state index in [1.807, 2.05) is 36.1 Å². The van der Waals surface area contributed by atoms with E-state index in [-0.39, 0.29) is 24.1 Å². The van der Waals surface area contributed by atoms with Gasteiger partial charge < -0.3 is 20.1 Å². The van der Waals surface area contributed by atoms with Crippen molar-refractivity contribution in [1.82, 2.24) is 4.90 Å². The monoisotopic (exact) mass is 332 g/mol. The van der Waals surface area contributed by atoms with Crippen molar-refractivity contribution in [2.24, 2.45) is 5.73 Å². The van der Waals surface area contributed by atoms with Gasteiger partial charge in [-0.1, -0.05) is 6.07 Å². The van der Waals surface area contributed by atoms with Gasteiger partial charge in [-0.25, -0.2) is 0 Å². The van der Waals surface area contributed by atoms with E-state index in [0.717, 1.165) is 51.0 Å².